The van der Waals surface area contributed by atoms with Crippen LogP contribution in [0.2, 0.25) is 0 Å². The summed E-state index contributed by atoms with van der Waals surface area (Å²) in [6.07, 6.45) is 12.4. The normalized spacial score (nSPS) is 19.2. The van der Waals surface area contributed by atoms with Crippen molar-refractivity contribution in [1.82, 2.24) is 41.3 Å². The minimum Gasteiger partial charge on any atom is -0.353 e. The molecule has 6 aromatic carbocycles. The summed E-state index contributed by atoms with van der Waals surface area (Å²) in [6.45, 7) is 10.5. The molecule has 452 valence electrons. The number of carbonyl (C=O) groups is 6. The highest BCUT2D eigenvalue weighted by Gasteiger charge is 2.35. The van der Waals surface area contributed by atoms with E-state index in [0.717, 1.165) is 92.3 Å². The van der Waals surface area contributed by atoms with Gasteiger partial charge >= 0.3 is 0 Å². The van der Waals surface area contributed by atoms with E-state index < -0.39 is 12.1 Å². The van der Waals surface area contributed by atoms with E-state index in [1.807, 2.05) is 138 Å². The van der Waals surface area contributed by atoms with Gasteiger partial charge in [-0.2, -0.15) is 0 Å². The SMILES string of the molecule is CCC(CN1CC[C@@H](CNC(=O)c2ccc3ccccc3c2)N[C@@H](CCC(=O)NC2CCCCC2)C1=O)c1ccccc1.CCCCN(C)C(=O)CC[C@@H]1N[C@H](CNC(=O)c2ccc3ccccc3c2)CCN(CC(CC)c2ccccc2)C1=O. The summed E-state index contributed by atoms with van der Waals surface area (Å²) in [5.41, 5.74) is 3.70. The molecule has 6 atom stereocenters. The summed E-state index contributed by atoms with van der Waals surface area (Å²) < 4.78 is 0. The standard InChI is InChI=1S/C36H46N4O3.C35H46N4O3/c1-2-26(27-11-5-3-6-12-27)25-40-22-21-32(24-37-35(42)30-18-17-28-13-9-10-14-29(28)23-30)38-33(36(40)43)19-20-34(41)39-31-15-7-4-8-16-31;1-4-6-21-38(3)33(40)19-18-32-35(42)39(25-26(5-2)27-12-8-7-9-13-27)22-20-31(37-32)24-36-34(41)30-17-16-28-14-10-11-15-29(28)23-30/h3,5-6,9-14,17-18,23,26,31-33,38H,2,4,7-8,15-16,19-22,24-25H2,1H3,(H,37,42)(H,39,41);7-17,23,26,31-32,37H,4-6,18-22,24-25H2,1-3H3,(H,36,41)/t26?,32-,33-;26?,31-,32-/m00/s1. The molecule has 9 rings (SSSR count). The van der Waals surface area contributed by atoms with Crippen LogP contribution in [0, 0.1) is 0 Å². The molecule has 1 saturated carbocycles. The fourth-order valence-corrected chi connectivity index (χ4v) is 12.3. The molecule has 0 bridgehead atoms. The smallest absolute Gasteiger partial charge is 0.251 e. The molecule has 85 heavy (non-hydrogen) atoms. The topological polar surface area (TPSA) is 172 Å². The van der Waals surface area contributed by atoms with Crippen molar-refractivity contribution in [3.05, 3.63) is 168 Å². The van der Waals surface area contributed by atoms with E-state index in [9.17, 15) is 28.8 Å². The number of nitrogens with zero attached hydrogens (tertiary/aromatic N) is 3. The Kier molecular flexibility index (Phi) is 24.5. The molecule has 2 unspecified atom stereocenters. The van der Waals surface area contributed by atoms with Crippen molar-refractivity contribution in [3.63, 3.8) is 0 Å². The van der Waals surface area contributed by atoms with Gasteiger partial charge in [0, 0.05) is 107 Å². The molecule has 14 nitrogen and oxygen atoms in total. The fraction of sp³-hybridized carbons (Fsp3) is 0.465. The van der Waals surface area contributed by atoms with Crippen LogP contribution in [0.1, 0.15) is 161 Å². The highest BCUT2D eigenvalue weighted by molar-refractivity contribution is 5.99. The maximum Gasteiger partial charge on any atom is 0.251 e. The molecule has 14 heteroatoms. The Bertz CT molecular complexity index is 3110. The van der Waals surface area contributed by atoms with E-state index in [0.29, 0.717) is 76.1 Å². The van der Waals surface area contributed by atoms with Gasteiger partial charge in [0.15, 0.2) is 0 Å². The Hall–Kier alpha value is -7.42. The predicted octanol–water partition coefficient (Wildman–Crippen LogP) is 10.9. The first-order chi connectivity index (χ1) is 41.4. The summed E-state index contributed by atoms with van der Waals surface area (Å²) in [5.74, 6) is 0.388. The van der Waals surface area contributed by atoms with E-state index in [4.69, 9.17) is 0 Å². The van der Waals surface area contributed by atoms with E-state index in [2.05, 4.69) is 71.6 Å². The number of amides is 6. The molecule has 2 heterocycles. The molecule has 5 N–H and O–H groups in total. The van der Waals surface area contributed by atoms with Crippen molar-refractivity contribution in [1.29, 1.82) is 0 Å². The van der Waals surface area contributed by atoms with Gasteiger partial charge in [0.25, 0.3) is 11.8 Å². The van der Waals surface area contributed by atoms with Crippen molar-refractivity contribution in [2.45, 2.75) is 159 Å². The molecule has 0 radical (unpaired) electrons. The number of benzene rings is 6. The highest BCUT2D eigenvalue weighted by Crippen LogP contribution is 2.26. The van der Waals surface area contributed by atoms with Crippen LogP contribution in [-0.2, 0) is 19.2 Å². The predicted molar refractivity (Wildman–Crippen MR) is 341 cm³/mol. The Balaban J connectivity index is 0.000000221. The second-order valence-corrected chi connectivity index (χ2v) is 23.7. The Morgan fingerprint density at radius 3 is 1.46 bits per heavy atom. The van der Waals surface area contributed by atoms with Crippen LogP contribution >= 0.6 is 0 Å². The monoisotopic (exact) mass is 1150 g/mol. The largest absolute Gasteiger partial charge is 0.353 e. The lowest BCUT2D eigenvalue weighted by Crippen LogP contribution is -2.49. The van der Waals surface area contributed by atoms with Gasteiger partial charge in [0.2, 0.25) is 23.6 Å². The minimum absolute atomic E-state index is 0.0224. The molecule has 6 amide bonds. The maximum absolute atomic E-state index is 13.9. The Morgan fingerprint density at radius 2 is 1.00 bits per heavy atom. The summed E-state index contributed by atoms with van der Waals surface area (Å²) >= 11 is 0. The van der Waals surface area contributed by atoms with E-state index in [1.54, 1.807) is 4.90 Å². The molecular weight excluding hydrogens is 1060 g/mol. The molecule has 6 aromatic rings. The minimum atomic E-state index is -0.480. The number of hydrogen-bond donors (Lipinski definition) is 5. The average molecular weight is 1150 g/mol. The van der Waals surface area contributed by atoms with Gasteiger partial charge in [-0.3, -0.25) is 28.8 Å². The van der Waals surface area contributed by atoms with Crippen molar-refractivity contribution in [3.8, 4) is 0 Å². The number of nitrogens with one attached hydrogen (secondary N) is 5. The fourth-order valence-electron chi connectivity index (χ4n) is 12.3. The molecule has 2 saturated heterocycles. The van der Waals surface area contributed by atoms with Gasteiger partial charge in [-0.25, -0.2) is 0 Å². The zero-order chi connectivity index (χ0) is 59.9. The van der Waals surface area contributed by atoms with Gasteiger partial charge in [0.05, 0.1) is 12.1 Å². The zero-order valence-electron chi connectivity index (χ0n) is 50.7. The van der Waals surface area contributed by atoms with Crippen molar-refractivity contribution in [2.75, 3.05) is 52.9 Å². The van der Waals surface area contributed by atoms with Gasteiger partial charge in [0.1, 0.15) is 0 Å². The molecule has 1 aliphatic carbocycles. The first-order valence-electron chi connectivity index (χ1n) is 31.7. The number of carbonyl (C=O) groups excluding carboxylic acids is 6. The summed E-state index contributed by atoms with van der Waals surface area (Å²) in [4.78, 5) is 85.4. The molecule has 3 aliphatic rings. The third-order valence-corrected chi connectivity index (χ3v) is 17.6. The summed E-state index contributed by atoms with van der Waals surface area (Å²) in [5, 5.41) is 20.7. The second kappa shape index (κ2) is 32.7. The first kappa shape index (κ1) is 63.6. The lowest BCUT2D eigenvalue weighted by atomic mass is 9.95. The summed E-state index contributed by atoms with van der Waals surface area (Å²) in [6, 6.07) is 47.3. The number of rotatable bonds is 24. The third-order valence-electron chi connectivity index (χ3n) is 17.6. The molecule has 2 aliphatic heterocycles. The molecule has 3 fully saturated rings. The third kappa shape index (κ3) is 18.8. The van der Waals surface area contributed by atoms with Gasteiger partial charge in [-0.15, -0.1) is 0 Å². The maximum atomic E-state index is 13.9. The van der Waals surface area contributed by atoms with Crippen LogP contribution in [-0.4, -0.2) is 133 Å². The second-order valence-electron chi connectivity index (χ2n) is 23.7. The van der Waals surface area contributed by atoms with Crippen LogP contribution in [0.3, 0.4) is 0 Å². The average Bonchev–Trinajstić information content (AvgIpc) is 4.05. The molecular formula is C71H92N8O6. The van der Waals surface area contributed by atoms with Crippen LogP contribution in [0.5, 0.6) is 0 Å². The Morgan fingerprint density at radius 1 is 0.553 bits per heavy atom. The first-order valence-corrected chi connectivity index (χ1v) is 31.7. The van der Waals surface area contributed by atoms with E-state index in [-0.39, 0.29) is 65.4 Å². The van der Waals surface area contributed by atoms with Gasteiger partial charge in [-0.05, 0) is 115 Å². The van der Waals surface area contributed by atoms with Crippen LogP contribution < -0.4 is 26.6 Å². The number of fused-ring (bicyclic) bond motifs is 2. The van der Waals surface area contributed by atoms with E-state index >= 15 is 0 Å². The van der Waals surface area contributed by atoms with Gasteiger partial charge in [-0.1, -0.05) is 168 Å². The highest BCUT2D eigenvalue weighted by atomic mass is 16.2. The number of unbranched alkanes of at least 4 members (excludes halogenated alkanes) is 1. The summed E-state index contributed by atoms with van der Waals surface area (Å²) in [7, 11) is 1.84. The lowest BCUT2D eigenvalue weighted by Gasteiger charge is -2.29. The van der Waals surface area contributed by atoms with Crippen LogP contribution in [0.15, 0.2) is 146 Å². The quantitative estimate of drug-likeness (QED) is 0.0398. The van der Waals surface area contributed by atoms with E-state index in [1.165, 1.54) is 17.5 Å². The Labute approximate surface area is 504 Å². The van der Waals surface area contributed by atoms with Crippen LogP contribution in [0.25, 0.3) is 21.5 Å². The van der Waals surface area contributed by atoms with Crippen LogP contribution in [0.4, 0.5) is 0 Å². The zero-order valence-corrected chi connectivity index (χ0v) is 50.7. The van der Waals surface area contributed by atoms with Gasteiger partial charge < -0.3 is 41.3 Å². The van der Waals surface area contributed by atoms with Crippen molar-refractivity contribution in [2.24, 2.45) is 0 Å². The van der Waals surface area contributed by atoms with Crippen molar-refractivity contribution < 1.29 is 28.8 Å². The van der Waals surface area contributed by atoms with Crippen molar-refractivity contribution >= 4 is 57.0 Å². The molecule has 0 aromatic heterocycles. The lowest BCUT2D eigenvalue weighted by molar-refractivity contribution is -0.135. The molecule has 0 spiro atoms. The number of hydrogen-bond acceptors (Lipinski definition) is 8.